The lowest BCUT2D eigenvalue weighted by atomic mass is 10.1. The molecule has 0 spiro atoms. The number of thiophene rings is 1. The number of fused-ring (bicyclic) bond motifs is 1. The standard InChI is InChI=1S/C13H17N3OS/c1-8-9(2)18-13-11(8)12(15-7-16-13)17-10-3-5-14-6-4-10/h7,10,14H,3-6H2,1-2H3. The Morgan fingerprint density at radius 2 is 2.06 bits per heavy atom. The van der Waals surface area contributed by atoms with Gasteiger partial charge in [0.2, 0.25) is 5.88 Å². The van der Waals surface area contributed by atoms with Crippen LogP contribution in [0.3, 0.4) is 0 Å². The quantitative estimate of drug-likeness (QED) is 0.904. The van der Waals surface area contributed by atoms with E-state index in [0.29, 0.717) is 0 Å². The van der Waals surface area contributed by atoms with Crippen molar-refractivity contribution >= 4 is 21.6 Å². The van der Waals surface area contributed by atoms with Crippen LogP contribution in [0.1, 0.15) is 23.3 Å². The Labute approximate surface area is 110 Å². The lowest BCUT2D eigenvalue weighted by Gasteiger charge is -2.23. The molecule has 4 nitrogen and oxygen atoms in total. The first-order valence-corrected chi connectivity index (χ1v) is 7.15. The molecule has 3 rings (SSSR count). The van der Waals surface area contributed by atoms with Gasteiger partial charge in [-0.3, -0.25) is 0 Å². The first-order valence-electron chi connectivity index (χ1n) is 6.34. The van der Waals surface area contributed by atoms with Crippen molar-refractivity contribution < 1.29 is 4.74 Å². The Balaban J connectivity index is 1.95. The number of ether oxygens (including phenoxy) is 1. The average molecular weight is 263 g/mol. The zero-order valence-corrected chi connectivity index (χ0v) is 11.5. The number of aryl methyl sites for hydroxylation is 2. The maximum atomic E-state index is 6.08. The number of piperidine rings is 1. The van der Waals surface area contributed by atoms with Crippen LogP contribution in [0.25, 0.3) is 10.2 Å². The zero-order valence-electron chi connectivity index (χ0n) is 10.7. The monoisotopic (exact) mass is 263 g/mol. The third-order valence-corrected chi connectivity index (χ3v) is 4.61. The fraction of sp³-hybridized carbons (Fsp3) is 0.538. The number of hydrogen-bond donors (Lipinski definition) is 1. The summed E-state index contributed by atoms with van der Waals surface area (Å²) in [7, 11) is 0. The Hall–Kier alpha value is -1.20. The van der Waals surface area contributed by atoms with Crippen molar-refractivity contribution in [3.63, 3.8) is 0 Å². The van der Waals surface area contributed by atoms with E-state index in [0.717, 1.165) is 42.0 Å². The third kappa shape index (κ3) is 2.08. The minimum atomic E-state index is 0.281. The molecule has 1 aliphatic heterocycles. The number of nitrogens with one attached hydrogen (secondary N) is 1. The predicted molar refractivity (Wildman–Crippen MR) is 73.4 cm³/mol. The highest BCUT2D eigenvalue weighted by atomic mass is 32.1. The molecule has 0 bridgehead atoms. The van der Waals surface area contributed by atoms with Crippen LogP contribution >= 0.6 is 11.3 Å². The van der Waals surface area contributed by atoms with Crippen molar-refractivity contribution in [2.24, 2.45) is 0 Å². The van der Waals surface area contributed by atoms with Crippen molar-refractivity contribution in [2.45, 2.75) is 32.8 Å². The molecule has 0 saturated carbocycles. The average Bonchev–Trinajstić information content (AvgIpc) is 2.67. The van der Waals surface area contributed by atoms with E-state index in [1.807, 2.05) is 0 Å². The molecule has 96 valence electrons. The molecule has 5 heteroatoms. The fourth-order valence-electron chi connectivity index (χ4n) is 2.31. The maximum Gasteiger partial charge on any atom is 0.225 e. The number of hydrogen-bond acceptors (Lipinski definition) is 5. The molecule has 0 atom stereocenters. The van der Waals surface area contributed by atoms with Gasteiger partial charge in [-0.15, -0.1) is 11.3 Å². The minimum absolute atomic E-state index is 0.281. The Morgan fingerprint density at radius 1 is 1.28 bits per heavy atom. The molecule has 0 aliphatic carbocycles. The highest BCUT2D eigenvalue weighted by molar-refractivity contribution is 7.18. The summed E-state index contributed by atoms with van der Waals surface area (Å²) in [6.45, 7) is 6.30. The Kier molecular flexibility index (Phi) is 3.18. The Morgan fingerprint density at radius 3 is 2.83 bits per heavy atom. The van der Waals surface area contributed by atoms with Crippen LogP contribution in [0.15, 0.2) is 6.33 Å². The highest BCUT2D eigenvalue weighted by Crippen LogP contribution is 2.34. The lowest BCUT2D eigenvalue weighted by Crippen LogP contribution is -2.34. The van der Waals surface area contributed by atoms with Crippen LogP contribution in [0.5, 0.6) is 5.88 Å². The summed E-state index contributed by atoms with van der Waals surface area (Å²) < 4.78 is 6.08. The molecule has 0 amide bonds. The van der Waals surface area contributed by atoms with E-state index < -0.39 is 0 Å². The second-order valence-electron chi connectivity index (χ2n) is 4.71. The number of aromatic nitrogens is 2. The second-order valence-corrected chi connectivity index (χ2v) is 5.91. The summed E-state index contributed by atoms with van der Waals surface area (Å²) in [5, 5.41) is 4.44. The first kappa shape index (κ1) is 11.9. The largest absolute Gasteiger partial charge is 0.474 e. The number of rotatable bonds is 2. The highest BCUT2D eigenvalue weighted by Gasteiger charge is 2.19. The van der Waals surface area contributed by atoms with Gasteiger partial charge in [-0.25, -0.2) is 9.97 Å². The van der Waals surface area contributed by atoms with Crippen molar-refractivity contribution in [2.75, 3.05) is 13.1 Å². The van der Waals surface area contributed by atoms with E-state index in [2.05, 4.69) is 29.1 Å². The van der Waals surface area contributed by atoms with E-state index in [4.69, 9.17) is 4.74 Å². The molecule has 1 saturated heterocycles. The summed E-state index contributed by atoms with van der Waals surface area (Å²) in [5.41, 5.74) is 1.25. The normalized spacial score (nSPS) is 17.2. The molecular formula is C13H17N3OS. The van der Waals surface area contributed by atoms with Crippen LogP contribution in [0, 0.1) is 13.8 Å². The van der Waals surface area contributed by atoms with Crippen LogP contribution in [-0.4, -0.2) is 29.2 Å². The molecule has 18 heavy (non-hydrogen) atoms. The molecule has 0 unspecified atom stereocenters. The van der Waals surface area contributed by atoms with Gasteiger partial charge >= 0.3 is 0 Å². The molecule has 1 aliphatic rings. The number of nitrogens with zero attached hydrogens (tertiary/aromatic N) is 2. The SMILES string of the molecule is Cc1sc2ncnc(OC3CCNCC3)c2c1C. The Bertz CT molecular complexity index is 561. The summed E-state index contributed by atoms with van der Waals surface area (Å²) >= 11 is 1.71. The van der Waals surface area contributed by atoms with E-state index >= 15 is 0 Å². The zero-order chi connectivity index (χ0) is 12.5. The van der Waals surface area contributed by atoms with Gasteiger partial charge in [0.15, 0.2) is 0 Å². The summed E-state index contributed by atoms with van der Waals surface area (Å²) in [4.78, 5) is 11.0. The minimum Gasteiger partial charge on any atom is -0.474 e. The second kappa shape index (κ2) is 4.82. The molecule has 0 radical (unpaired) electrons. The van der Waals surface area contributed by atoms with Crippen LogP contribution < -0.4 is 10.1 Å². The van der Waals surface area contributed by atoms with E-state index in [1.54, 1.807) is 17.7 Å². The predicted octanol–water partition coefficient (Wildman–Crippen LogP) is 2.44. The first-order chi connectivity index (χ1) is 8.75. The van der Waals surface area contributed by atoms with Crippen molar-refractivity contribution in [3.05, 3.63) is 16.8 Å². The maximum absolute atomic E-state index is 6.08. The summed E-state index contributed by atoms with van der Waals surface area (Å²) in [6, 6.07) is 0. The van der Waals surface area contributed by atoms with Crippen molar-refractivity contribution in [1.82, 2.24) is 15.3 Å². The lowest BCUT2D eigenvalue weighted by molar-refractivity contribution is 0.158. The molecule has 1 N–H and O–H groups in total. The van der Waals surface area contributed by atoms with E-state index in [1.165, 1.54) is 10.4 Å². The van der Waals surface area contributed by atoms with Gasteiger partial charge in [0, 0.05) is 4.88 Å². The van der Waals surface area contributed by atoms with Crippen LogP contribution in [0.2, 0.25) is 0 Å². The van der Waals surface area contributed by atoms with Gasteiger partial charge in [0.1, 0.15) is 17.3 Å². The molecule has 1 fully saturated rings. The summed E-state index contributed by atoms with van der Waals surface area (Å²) in [6.07, 6.45) is 3.99. The smallest absolute Gasteiger partial charge is 0.225 e. The molecule has 2 aromatic rings. The van der Waals surface area contributed by atoms with Gasteiger partial charge in [0.25, 0.3) is 0 Å². The molecule has 3 heterocycles. The van der Waals surface area contributed by atoms with Gasteiger partial charge in [-0.1, -0.05) is 0 Å². The van der Waals surface area contributed by atoms with Crippen molar-refractivity contribution in [1.29, 1.82) is 0 Å². The van der Waals surface area contributed by atoms with Gasteiger partial charge in [-0.05, 0) is 45.3 Å². The van der Waals surface area contributed by atoms with Crippen LogP contribution in [-0.2, 0) is 0 Å². The van der Waals surface area contributed by atoms with Gasteiger partial charge in [-0.2, -0.15) is 0 Å². The van der Waals surface area contributed by atoms with E-state index in [-0.39, 0.29) is 6.10 Å². The van der Waals surface area contributed by atoms with Gasteiger partial charge < -0.3 is 10.1 Å². The molecule has 2 aromatic heterocycles. The van der Waals surface area contributed by atoms with E-state index in [9.17, 15) is 0 Å². The van der Waals surface area contributed by atoms with Gasteiger partial charge in [0.05, 0.1) is 5.39 Å². The molecular weight excluding hydrogens is 246 g/mol. The van der Waals surface area contributed by atoms with Crippen LogP contribution in [0.4, 0.5) is 0 Å². The third-order valence-electron chi connectivity index (χ3n) is 3.50. The fourth-order valence-corrected chi connectivity index (χ4v) is 3.30. The van der Waals surface area contributed by atoms with Crippen molar-refractivity contribution in [3.8, 4) is 5.88 Å². The summed E-state index contributed by atoms with van der Waals surface area (Å²) in [5.74, 6) is 0.758. The molecule has 0 aromatic carbocycles. The topological polar surface area (TPSA) is 47.0 Å².